The molecule has 0 bridgehead atoms. The molecular formula is C13H12N2O3S. The van der Waals surface area contributed by atoms with Gasteiger partial charge in [-0.2, -0.15) is 0 Å². The Labute approximate surface area is 114 Å². The minimum Gasteiger partial charge on any atom is -0.476 e. The molecule has 1 heterocycles. The number of carboxylic acid groups (broad SMARTS) is 1. The van der Waals surface area contributed by atoms with Crippen LogP contribution in [0.25, 0.3) is 10.6 Å². The third-order valence-electron chi connectivity index (χ3n) is 2.26. The maximum atomic E-state index is 11.1. The molecule has 0 radical (unpaired) electrons. The van der Waals surface area contributed by atoms with Crippen molar-refractivity contribution in [2.45, 2.75) is 6.92 Å². The first-order valence-electron chi connectivity index (χ1n) is 5.67. The van der Waals surface area contributed by atoms with Crippen LogP contribution >= 0.6 is 11.3 Å². The molecule has 0 aliphatic rings. The van der Waals surface area contributed by atoms with Crippen LogP contribution in [-0.2, 0) is 9.63 Å². The summed E-state index contributed by atoms with van der Waals surface area (Å²) < 4.78 is 0. The Morgan fingerprint density at radius 1 is 1.42 bits per heavy atom. The van der Waals surface area contributed by atoms with Gasteiger partial charge in [0, 0.05) is 10.9 Å². The van der Waals surface area contributed by atoms with Gasteiger partial charge >= 0.3 is 5.97 Å². The molecule has 1 N–H and O–H groups in total. The molecule has 1 aromatic heterocycles. The van der Waals surface area contributed by atoms with Gasteiger partial charge in [-0.1, -0.05) is 35.5 Å². The summed E-state index contributed by atoms with van der Waals surface area (Å²) in [5.74, 6) is -1.15. The first-order valence-corrected chi connectivity index (χ1v) is 6.55. The number of benzene rings is 1. The second-order valence-corrected chi connectivity index (χ2v) is 4.42. The normalized spacial score (nSPS) is 11.3. The molecule has 98 valence electrons. The van der Waals surface area contributed by atoms with E-state index in [9.17, 15) is 4.79 Å². The van der Waals surface area contributed by atoms with Crippen molar-refractivity contribution < 1.29 is 14.7 Å². The second kappa shape index (κ2) is 6.10. The molecule has 0 aliphatic carbocycles. The fourth-order valence-electron chi connectivity index (χ4n) is 1.42. The minimum atomic E-state index is -1.15. The molecule has 1 aromatic carbocycles. The molecule has 0 fully saturated rings. The molecule has 2 aromatic rings. The van der Waals surface area contributed by atoms with Gasteiger partial charge in [0.15, 0.2) is 0 Å². The van der Waals surface area contributed by atoms with E-state index < -0.39 is 5.97 Å². The van der Waals surface area contributed by atoms with Crippen LogP contribution in [0.3, 0.4) is 0 Å². The molecule has 5 nitrogen and oxygen atoms in total. The van der Waals surface area contributed by atoms with Gasteiger partial charge in [0.1, 0.15) is 17.3 Å². The largest absolute Gasteiger partial charge is 0.476 e. The molecule has 0 unspecified atom stereocenters. The van der Waals surface area contributed by atoms with Gasteiger partial charge in [0.2, 0.25) is 5.71 Å². The van der Waals surface area contributed by atoms with Crippen LogP contribution in [0.2, 0.25) is 0 Å². The van der Waals surface area contributed by atoms with E-state index in [4.69, 9.17) is 9.94 Å². The summed E-state index contributed by atoms with van der Waals surface area (Å²) in [5, 5.41) is 15.1. The van der Waals surface area contributed by atoms with Crippen molar-refractivity contribution in [1.29, 1.82) is 0 Å². The molecule has 0 saturated carbocycles. The van der Waals surface area contributed by atoms with Gasteiger partial charge in [-0.05, 0) is 6.92 Å². The van der Waals surface area contributed by atoms with Crippen LogP contribution in [0.4, 0.5) is 0 Å². The SMILES string of the molecule is CCON=C(C(=O)O)c1csc(-c2ccccc2)n1. The summed E-state index contributed by atoms with van der Waals surface area (Å²) in [4.78, 5) is 20.2. The predicted molar refractivity (Wildman–Crippen MR) is 73.3 cm³/mol. The van der Waals surface area contributed by atoms with Gasteiger partial charge in [0.25, 0.3) is 0 Å². The zero-order chi connectivity index (χ0) is 13.7. The van der Waals surface area contributed by atoms with E-state index in [1.54, 1.807) is 12.3 Å². The van der Waals surface area contributed by atoms with E-state index in [1.807, 2.05) is 30.3 Å². The smallest absolute Gasteiger partial charge is 0.360 e. The van der Waals surface area contributed by atoms with Crippen molar-refractivity contribution in [1.82, 2.24) is 4.98 Å². The second-order valence-electron chi connectivity index (χ2n) is 3.57. The van der Waals surface area contributed by atoms with Gasteiger partial charge in [-0.3, -0.25) is 0 Å². The average Bonchev–Trinajstić information content (AvgIpc) is 2.89. The monoisotopic (exact) mass is 276 g/mol. The maximum absolute atomic E-state index is 11.1. The number of carboxylic acids is 1. The Morgan fingerprint density at radius 3 is 2.79 bits per heavy atom. The van der Waals surface area contributed by atoms with Gasteiger partial charge < -0.3 is 9.94 Å². The third-order valence-corrected chi connectivity index (χ3v) is 3.15. The highest BCUT2D eigenvalue weighted by Crippen LogP contribution is 2.23. The highest BCUT2D eigenvalue weighted by molar-refractivity contribution is 7.13. The maximum Gasteiger partial charge on any atom is 0.360 e. The Bertz CT molecular complexity index is 593. The summed E-state index contributed by atoms with van der Waals surface area (Å²) in [5.41, 5.74) is 1.07. The molecule has 19 heavy (non-hydrogen) atoms. The minimum absolute atomic E-state index is 0.180. The highest BCUT2D eigenvalue weighted by Gasteiger charge is 2.17. The lowest BCUT2D eigenvalue weighted by atomic mass is 10.2. The highest BCUT2D eigenvalue weighted by atomic mass is 32.1. The summed E-state index contributed by atoms with van der Waals surface area (Å²) in [6.45, 7) is 2.05. The Hall–Kier alpha value is -2.21. The van der Waals surface area contributed by atoms with E-state index in [1.165, 1.54) is 11.3 Å². The Morgan fingerprint density at radius 2 is 2.16 bits per heavy atom. The van der Waals surface area contributed by atoms with Gasteiger partial charge in [-0.25, -0.2) is 9.78 Å². The lowest BCUT2D eigenvalue weighted by Crippen LogP contribution is -2.15. The van der Waals surface area contributed by atoms with Crippen LogP contribution in [0, 0.1) is 0 Å². The summed E-state index contributed by atoms with van der Waals surface area (Å²) in [6.07, 6.45) is 0. The fourth-order valence-corrected chi connectivity index (χ4v) is 2.23. The van der Waals surface area contributed by atoms with E-state index in [0.29, 0.717) is 12.3 Å². The topological polar surface area (TPSA) is 71.8 Å². The molecule has 0 atom stereocenters. The lowest BCUT2D eigenvalue weighted by Gasteiger charge is -1.97. The van der Waals surface area contributed by atoms with Crippen molar-refractivity contribution in [3.63, 3.8) is 0 Å². The Balaban J connectivity index is 2.32. The molecule has 0 amide bonds. The third kappa shape index (κ3) is 3.17. The van der Waals surface area contributed by atoms with Crippen LogP contribution in [0.5, 0.6) is 0 Å². The number of aliphatic carboxylic acids is 1. The lowest BCUT2D eigenvalue weighted by molar-refractivity contribution is -0.129. The van der Waals surface area contributed by atoms with E-state index in [-0.39, 0.29) is 5.71 Å². The zero-order valence-electron chi connectivity index (χ0n) is 10.2. The quantitative estimate of drug-likeness (QED) is 0.673. The molecule has 6 heteroatoms. The van der Waals surface area contributed by atoms with Crippen molar-refractivity contribution >= 4 is 23.0 Å². The molecular weight excluding hydrogens is 264 g/mol. The van der Waals surface area contributed by atoms with E-state index in [2.05, 4.69) is 10.1 Å². The predicted octanol–water partition coefficient (Wildman–Crippen LogP) is 2.64. The van der Waals surface area contributed by atoms with Gasteiger partial charge in [0.05, 0.1) is 0 Å². The summed E-state index contributed by atoms with van der Waals surface area (Å²) in [6, 6.07) is 9.56. The number of rotatable bonds is 5. The number of oxime groups is 1. The number of aromatic nitrogens is 1. The standard InChI is InChI=1S/C13H12N2O3S/c1-2-18-15-11(13(16)17)10-8-19-12(14-10)9-6-4-3-5-7-9/h3-8H,2H2,1H3,(H,16,17). The summed E-state index contributed by atoms with van der Waals surface area (Å²) >= 11 is 1.37. The van der Waals surface area contributed by atoms with Crippen molar-refractivity contribution in [2.75, 3.05) is 6.61 Å². The zero-order valence-corrected chi connectivity index (χ0v) is 11.1. The molecule has 0 spiro atoms. The van der Waals surface area contributed by atoms with E-state index >= 15 is 0 Å². The molecule has 0 saturated heterocycles. The number of hydrogen-bond donors (Lipinski definition) is 1. The fraction of sp³-hybridized carbons (Fsp3) is 0.154. The number of thiazole rings is 1. The van der Waals surface area contributed by atoms with Crippen molar-refractivity contribution in [2.24, 2.45) is 5.16 Å². The summed E-state index contributed by atoms with van der Waals surface area (Å²) in [7, 11) is 0. The average molecular weight is 276 g/mol. The molecule has 0 aliphatic heterocycles. The van der Waals surface area contributed by atoms with Crippen molar-refractivity contribution in [3.8, 4) is 10.6 Å². The number of carbonyl (C=O) groups is 1. The number of hydrogen-bond acceptors (Lipinski definition) is 5. The first-order chi connectivity index (χ1) is 9.22. The van der Waals surface area contributed by atoms with Crippen LogP contribution in [0.15, 0.2) is 40.9 Å². The van der Waals surface area contributed by atoms with Crippen molar-refractivity contribution in [3.05, 3.63) is 41.4 Å². The first kappa shape index (κ1) is 13.2. The molecule has 2 rings (SSSR count). The van der Waals surface area contributed by atoms with Crippen LogP contribution in [-0.4, -0.2) is 28.4 Å². The van der Waals surface area contributed by atoms with Gasteiger partial charge in [-0.15, -0.1) is 11.3 Å². The van der Waals surface area contributed by atoms with Crippen LogP contribution < -0.4 is 0 Å². The van der Waals surface area contributed by atoms with Crippen LogP contribution in [0.1, 0.15) is 12.6 Å². The number of nitrogens with zero attached hydrogens (tertiary/aromatic N) is 2. The Kier molecular flexibility index (Phi) is 4.25. The van der Waals surface area contributed by atoms with E-state index in [0.717, 1.165) is 10.6 Å².